The van der Waals surface area contributed by atoms with Gasteiger partial charge >= 0.3 is 5.30 Å². The summed E-state index contributed by atoms with van der Waals surface area (Å²) in [5, 5.41) is 0.646. The third kappa shape index (κ3) is 5.37. The minimum atomic E-state index is -0.330. The molecule has 0 aliphatic carbocycles. The number of thioether (sulfide) groups is 1. The lowest BCUT2D eigenvalue weighted by Crippen LogP contribution is -2.15. The Balaban J connectivity index is 2.13. The fourth-order valence-corrected chi connectivity index (χ4v) is 3.08. The first kappa shape index (κ1) is 19.1. The van der Waals surface area contributed by atoms with Crippen molar-refractivity contribution < 1.29 is 9.53 Å². The summed E-state index contributed by atoms with van der Waals surface area (Å²) in [5.41, 5.74) is 3.06. The van der Waals surface area contributed by atoms with Gasteiger partial charge in [-0.15, -0.1) is 0 Å². The molecule has 2 aromatic rings. The van der Waals surface area contributed by atoms with Crippen LogP contribution >= 0.6 is 11.8 Å². The lowest BCUT2D eigenvalue weighted by atomic mass is 10.1. The molecule has 0 fully saturated rings. The van der Waals surface area contributed by atoms with Crippen LogP contribution in [0, 0.1) is 0 Å². The van der Waals surface area contributed by atoms with Crippen LogP contribution in [0.15, 0.2) is 61.4 Å². The summed E-state index contributed by atoms with van der Waals surface area (Å²) in [7, 11) is 4.08. The van der Waals surface area contributed by atoms with E-state index in [0.29, 0.717) is 11.5 Å². The second-order valence-corrected chi connectivity index (χ2v) is 6.78. The Morgan fingerprint density at radius 3 is 2.84 bits per heavy atom. The van der Waals surface area contributed by atoms with Gasteiger partial charge in [0.05, 0.1) is 0 Å². The van der Waals surface area contributed by atoms with E-state index in [-0.39, 0.29) is 5.30 Å². The second-order valence-electron chi connectivity index (χ2n) is 5.87. The van der Waals surface area contributed by atoms with Crippen molar-refractivity contribution in [2.75, 3.05) is 26.4 Å². The third-order valence-corrected chi connectivity index (χ3v) is 4.52. The number of hydrogen-bond acceptors (Lipinski definition) is 4. The normalized spacial score (nSPS) is 11.7. The van der Waals surface area contributed by atoms with E-state index in [4.69, 9.17) is 4.74 Å². The summed E-state index contributed by atoms with van der Waals surface area (Å²) in [6, 6.07) is 5.71. The number of allylic oxidation sites excluding steroid dienone is 3. The maximum Gasteiger partial charge on any atom is 0.373 e. The zero-order chi connectivity index (χ0) is 18.2. The summed E-state index contributed by atoms with van der Waals surface area (Å²) in [5.74, 6) is 1.10. The molecule has 25 heavy (non-hydrogen) atoms. The average molecular weight is 356 g/mol. The van der Waals surface area contributed by atoms with Gasteiger partial charge in [0, 0.05) is 29.4 Å². The van der Waals surface area contributed by atoms with Gasteiger partial charge in [-0.25, -0.2) is 4.79 Å². The largest absolute Gasteiger partial charge is 0.418 e. The number of benzene rings is 1. The molecule has 0 bridgehead atoms. The van der Waals surface area contributed by atoms with Gasteiger partial charge in [0.15, 0.2) is 0 Å². The van der Waals surface area contributed by atoms with E-state index in [1.807, 2.05) is 44.6 Å². The molecule has 132 valence electrons. The molecule has 0 saturated carbocycles. The van der Waals surface area contributed by atoms with Crippen LogP contribution in [0.3, 0.4) is 0 Å². The number of fused-ring (bicyclic) bond motifs is 1. The average Bonchev–Trinajstić information content (AvgIpc) is 3.01. The van der Waals surface area contributed by atoms with Gasteiger partial charge in [0.2, 0.25) is 0 Å². The van der Waals surface area contributed by atoms with E-state index in [2.05, 4.69) is 23.0 Å². The standard InChI is InChI=1S/C20H24N2O2S/c1-5-8-15(6-2)14-25-20(23)24-18-10-7-9-17-19(18)16(13-21-17)11-12-22(3)4/h5-10,13,21H,1-2,11-12,14H2,3-4H3/b15-8+. The fraction of sp³-hybridized carbons (Fsp3) is 0.250. The molecule has 2 rings (SSSR count). The number of aromatic nitrogens is 1. The maximum atomic E-state index is 12.2. The molecule has 1 aromatic carbocycles. The molecule has 5 heteroatoms. The second kappa shape index (κ2) is 9.30. The molecular formula is C20H24N2O2S. The van der Waals surface area contributed by atoms with E-state index in [9.17, 15) is 4.79 Å². The molecule has 0 unspecified atom stereocenters. The summed E-state index contributed by atoms with van der Waals surface area (Å²) in [6.45, 7) is 8.32. The quantitative estimate of drug-likeness (QED) is 0.545. The minimum absolute atomic E-state index is 0.330. The van der Waals surface area contributed by atoms with Crippen molar-refractivity contribution in [1.82, 2.24) is 9.88 Å². The van der Waals surface area contributed by atoms with Crippen LogP contribution in [0.4, 0.5) is 4.79 Å². The van der Waals surface area contributed by atoms with Gasteiger partial charge in [0.25, 0.3) is 0 Å². The summed E-state index contributed by atoms with van der Waals surface area (Å²) in [6.07, 6.45) is 8.10. The van der Waals surface area contributed by atoms with Crippen molar-refractivity contribution in [2.24, 2.45) is 0 Å². The zero-order valence-corrected chi connectivity index (χ0v) is 15.6. The number of hydrogen-bond donors (Lipinski definition) is 1. The third-order valence-electron chi connectivity index (χ3n) is 3.72. The number of nitrogens with one attached hydrogen (secondary N) is 1. The van der Waals surface area contributed by atoms with E-state index >= 15 is 0 Å². The topological polar surface area (TPSA) is 45.3 Å². The highest BCUT2D eigenvalue weighted by Crippen LogP contribution is 2.30. The summed E-state index contributed by atoms with van der Waals surface area (Å²) in [4.78, 5) is 17.6. The maximum absolute atomic E-state index is 12.2. The van der Waals surface area contributed by atoms with E-state index in [1.165, 1.54) is 0 Å². The highest BCUT2D eigenvalue weighted by atomic mass is 32.2. The van der Waals surface area contributed by atoms with E-state index in [1.54, 1.807) is 12.2 Å². The molecule has 0 saturated heterocycles. The van der Waals surface area contributed by atoms with Gasteiger partial charge in [-0.3, -0.25) is 0 Å². The van der Waals surface area contributed by atoms with Crippen molar-refractivity contribution >= 4 is 28.0 Å². The van der Waals surface area contributed by atoms with Crippen LogP contribution in [0.2, 0.25) is 0 Å². The summed E-state index contributed by atoms with van der Waals surface area (Å²) < 4.78 is 5.61. The number of nitrogens with zero attached hydrogens (tertiary/aromatic N) is 1. The van der Waals surface area contributed by atoms with Gasteiger partial charge in [0.1, 0.15) is 5.75 Å². The molecule has 0 amide bonds. The summed E-state index contributed by atoms with van der Waals surface area (Å²) >= 11 is 1.11. The highest BCUT2D eigenvalue weighted by molar-refractivity contribution is 8.13. The number of carbonyl (C=O) groups excluding carboxylic acids is 1. The first-order chi connectivity index (χ1) is 12.0. The Labute approximate surface area is 153 Å². The minimum Gasteiger partial charge on any atom is -0.418 e. The van der Waals surface area contributed by atoms with Crippen LogP contribution < -0.4 is 4.74 Å². The van der Waals surface area contributed by atoms with Crippen molar-refractivity contribution in [3.8, 4) is 5.75 Å². The van der Waals surface area contributed by atoms with Gasteiger partial charge < -0.3 is 14.6 Å². The predicted octanol–water partition coefficient (Wildman–Crippen LogP) is 4.80. The molecule has 1 heterocycles. The van der Waals surface area contributed by atoms with Gasteiger partial charge in [-0.1, -0.05) is 37.5 Å². The number of ether oxygens (including phenoxy) is 1. The Morgan fingerprint density at radius 2 is 2.16 bits per heavy atom. The molecule has 0 radical (unpaired) electrons. The van der Waals surface area contributed by atoms with E-state index < -0.39 is 0 Å². The van der Waals surface area contributed by atoms with Gasteiger partial charge in [-0.2, -0.15) is 0 Å². The van der Waals surface area contributed by atoms with Crippen molar-refractivity contribution in [3.05, 3.63) is 66.9 Å². The van der Waals surface area contributed by atoms with Crippen LogP contribution in [0.1, 0.15) is 5.56 Å². The number of carbonyl (C=O) groups is 1. The number of aromatic amines is 1. The molecule has 0 spiro atoms. The monoisotopic (exact) mass is 356 g/mol. The highest BCUT2D eigenvalue weighted by Gasteiger charge is 2.13. The Morgan fingerprint density at radius 1 is 1.36 bits per heavy atom. The molecule has 0 atom stereocenters. The fourth-order valence-electron chi connectivity index (χ4n) is 2.43. The first-order valence-electron chi connectivity index (χ1n) is 8.07. The molecule has 1 aromatic heterocycles. The van der Waals surface area contributed by atoms with Crippen LogP contribution in [0.25, 0.3) is 10.9 Å². The molecule has 0 aliphatic rings. The smallest absolute Gasteiger partial charge is 0.373 e. The predicted molar refractivity (Wildman–Crippen MR) is 108 cm³/mol. The van der Waals surface area contributed by atoms with Crippen molar-refractivity contribution in [2.45, 2.75) is 6.42 Å². The lowest BCUT2D eigenvalue weighted by molar-refractivity contribution is 0.227. The Bertz CT molecular complexity index is 790. The molecule has 1 N–H and O–H groups in total. The van der Waals surface area contributed by atoms with Crippen LogP contribution in [-0.4, -0.2) is 41.6 Å². The molecule has 4 nitrogen and oxygen atoms in total. The van der Waals surface area contributed by atoms with E-state index in [0.717, 1.165) is 46.8 Å². The van der Waals surface area contributed by atoms with Crippen LogP contribution in [-0.2, 0) is 6.42 Å². The number of H-pyrrole nitrogens is 1. The lowest BCUT2D eigenvalue weighted by Gasteiger charge is -2.10. The van der Waals surface area contributed by atoms with Crippen molar-refractivity contribution in [3.63, 3.8) is 0 Å². The molecular weight excluding hydrogens is 332 g/mol. The number of rotatable bonds is 8. The van der Waals surface area contributed by atoms with Gasteiger partial charge in [-0.05, 0) is 55.5 Å². The SMILES string of the molecule is C=C/C=C(\C=C)CSC(=O)Oc1cccc2[nH]cc(CCN(C)C)c12. The Kier molecular flexibility index (Phi) is 7.10. The first-order valence-corrected chi connectivity index (χ1v) is 9.06. The Hall–Kier alpha value is -2.24. The number of likely N-dealkylation sites (N-methyl/N-ethyl adjacent to an activating group) is 1. The zero-order valence-electron chi connectivity index (χ0n) is 14.7. The molecule has 0 aliphatic heterocycles. The van der Waals surface area contributed by atoms with Crippen LogP contribution in [0.5, 0.6) is 5.75 Å². The van der Waals surface area contributed by atoms with Crippen molar-refractivity contribution in [1.29, 1.82) is 0 Å².